The van der Waals surface area contributed by atoms with E-state index in [-0.39, 0.29) is 6.42 Å². The van der Waals surface area contributed by atoms with Crippen LogP contribution in [0.15, 0.2) is 0 Å². The molecule has 0 aromatic carbocycles. The molecule has 0 bridgehead atoms. The van der Waals surface area contributed by atoms with Gasteiger partial charge in [-0.2, -0.15) is 0 Å². The Hall–Kier alpha value is -0.900. The molecule has 0 fully saturated rings. The quantitative estimate of drug-likeness (QED) is 0.731. The van der Waals surface area contributed by atoms with Gasteiger partial charge in [0.15, 0.2) is 0 Å². The fourth-order valence-corrected chi connectivity index (χ4v) is 1.80. The van der Waals surface area contributed by atoms with Crippen molar-refractivity contribution in [2.75, 3.05) is 0 Å². The first-order valence-corrected chi connectivity index (χ1v) is 4.06. The summed E-state index contributed by atoms with van der Waals surface area (Å²) >= 11 is 1.45. The number of carboxylic acids is 1. The van der Waals surface area contributed by atoms with E-state index in [2.05, 4.69) is 4.98 Å². The third kappa shape index (κ3) is 2.01. The lowest BCUT2D eigenvalue weighted by Gasteiger charge is -1.89. The van der Waals surface area contributed by atoms with Crippen LogP contribution >= 0.6 is 11.3 Å². The van der Waals surface area contributed by atoms with Crippen LogP contribution < -0.4 is 0 Å². The van der Waals surface area contributed by atoms with Gasteiger partial charge in [0.1, 0.15) is 0 Å². The molecule has 1 aromatic heterocycles. The minimum absolute atomic E-state index is 0.0946. The smallest absolute Gasteiger partial charge is 0.308 e. The molecule has 0 saturated carbocycles. The van der Waals surface area contributed by atoms with Crippen molar-refractivity contribution in [2.24, 2.45) is 0 Å². The molecule has 60 valence electrons. The fourth-order valence-electron chi connectivity index (χ4n) is 0.875. The topological polar surface area (TPSA) is 50.2 Å². The lowest BCUT2D eigenvalue weighted by molar-refractivity contribution is -0.136. The van der Waals surface area contributed by atoms with E-state index in [1.807, 2.05) is 13.8 Å². The minimum atomic E-state index is -0.795. The van der Waals surface area contributed by atoms with E-state index in [0.29, 0.717) is 0 Å². The Labute approximate surface area is 68.7 Å². The highest BCUT2D eigenvalue weighted by Gasteiger charge is 2.07. The number of aromatic nitrogens is 1. The van der Waals surface area contributed by atoms with Gasteiger partial charge in [-0.3, -0.25) is 4.79 Å². The van der Waals surface area contributed by atoms with Crippen molar-refractivity contribution < 1.29 is 9.90 Å². The number of nitrogens with zero attached hydrogens (tertiary/aromatic N) is 1. The average molecular weight is 171 g/mol. The molecule has 0 amide bonds. The number of carboxylic acid groups (broad SMARTS) is 1. The first-order chi connectivity index (χ1) is 5.09. The maximum atomic E-state index is 10.3. The number of thiazole rings is 1. The largest absolute Gasteiger partial charge is 0.481 e. The molecule has 0 aliphatic heterocycles. The number of aryl methyl sites for hydroxylation is 2. The Kier molecular flexibility index (Phi) is 2.24. The highest BCUT2D eigenvalue weighted by molar-refractivity contribution is 7.11. The van der Waals surface area contributed by atoms with Crippen molar-refractivity contribution in [3.05, 3.63) is 15.6 Å². The first-order valence-electron chi connectivity index (χ1n) is 3.24. The molecule has 0 aliphatic carbocycles. The number of aliphatic carboxylic acids is 1. The van der Waals surface area contributed by atoms with Crippen molar-refractivity contribution in [1.29, 1.82) is 0 Å². The summed E-state index contributed by atoms with van der Waals surface area (Å²) in [6.07, 6.45) is 0.0946. The molecule has 0 atom stereocenters. The molecular weight excluding hydrogens is 162 g/mol. The molecule has 4 heteroatoms. The van der Waals surface area contributed by atoms with Crippen LogP contribution in [0.25, 0.3) is 0 Å². The number of carbonyl (C=O) groups is 1. The van der Waals surface area contributed by atoms with Crippen LogP contribution in [0.4, 0.5) is 0 Å². The second-order valence-corrected chi connectivity index (χ2v) is 3.60. The molecule has 0 spiro atoms. The third-order valence-corrected chi connectivity index (χ3v) is 2.38. The van der Waals surface area contributed by atoms with Gasteiger partial charge in [-0.05, 0) is 13.8 Å². The monoisotopic (exact) mass is 171 g/mol. The highest BCUT2D eigenvalue weighted by Crippen LogP contribution is 2.17. The Balaban J connectivity index is 2.85. The molecule has 1 aromatic rings. The molecule has 3 nitrogen and oxygen atoms in total. The maximum absolute atomic E-state index is 10.3. The van der Waals surface area contributed by atoms with Gasteiger partial charge >= 0.3 is 5.97 Å². The summed E-state index contributed by atoms with van der Waals surface area (Å²) in [7, 11) is 0. The van der Waals surface area contributed by atoms with E-state index in [4.69, 9.17) is 5.11 Å². The van der Waals surface area contributed by atoms with Crippen LogP contribution in [0, 0.1) is 13.8 Å². The van der Waals surface area contributed by atoms with Crippen molar-refractivity contribution in [1.82, 2.24) is 4.98 Å². The molecule has 0 unspecified atom stereocenters. The van der Waals surface area contributed by atoms with Crippen molar-refractivity contribution in [3.8, 4) is 0 Å². The molecule has 1 N–H and O–H groups in total. The molecule has 11 heavy (non-hydrogen) atoms. The van der Waals surface area contributed by atoms with E-state index in [0.717, 1.165) is 15.6 Å². The van der Waals surface area contributed by atoms with E-state index < -0.39 is 5.97 Å². The minimum Gasteiger partial charge on any atom is -0.481 e. The highest BCUT2D eigenvalue weighted by atomic mass is 32.1. The van der Waals surface area contributed by atoms with Crippen molar-refractivity contribution in [3.63, 3.8) is 0 Å². The Morgan fingerprint density at radius 2 is 2.27 bits per heavy atom. The third-order valence-electron chi connectivity index (χ3n) is 1.31. The van der Waals surface area contributed by atoms with Gasteiger partial charge < -0.3 is 5.11 Å². The maximum Gasteiger partial charge on any atom is 0.308 e. The van der Waals surface area contributed by atoms with Crippen molar-refractivity contribution >= 4 is 17.3 Å². The van der Waals surface area contributed by atoms with E-state index in [9.17, 15) is 4.79 Å². The number of rotatable bonds is 2. The predicted octanol–water partition coefficient (Wildman–Crippen LogP) is 1.39. The summed E-state index contributed by atoms with van der Waals surface area (Å²) in [6.45, 7) is 3.71. The van der Waals surface area contributed by atoms with Crippen LogP contribution in [0.2, 0.25) is 0 Å². The lowest BCUT2D eigenvalue weighted by atomic mass is 10.3. The van der Waals surface area contributed by atoms with E-state index >= 15 is 0 Å². The predicted molar refractivity (Wildman–Crippen MR) is 42.9 cm³/mol. The summed E-state index contributed by atoms with van der Waals surface area (Å²) in [5.41, 5.74) is 0.843. The van der Waals surface area contributed by atoms with Crippen molar-refractivity contribution in [2.45, 2.75) is 20.3 Å². The zero-order valence-corrected chi connectivity index (χ0v) is 7.23. The van der Waals surface area contributed by atoms with Gasteiger partial charge in [-0.25, -0.2) is 4.98 Å². The molecule has 0 radical (unpaired) electrons. The molecule has 1 rings (SSSR count). The van der Waals surface area contributed by atoms with Gasteiger partial charge in [0.2, 0.25) is 0 Å². The lowest BCUT2D eigenvalue weighted by Crippen LogP contribution is -1.99. The van der Waals surface area contributed by atoms with Crippen LogP contribution in [0.3, 0.4) is 0 Å². The average Bonchev–Trinajstić information content (AvgIpc) is 2.09. The SMILES string of the molecule is Cc1nc(C)c(CC(=O)O)s1. The van der Waals surface area contributed by atoms with Crippen LogP contribution in [0.1, 0.15) is 15.6 Å². The second-order valence-electron chi connectivity index (χ2n) is 2.31. The Bertz CT molecular complexity index is 280. The van der Waals surface area contributed by atoms with Crippen LogP contribution in [-0.2, 0) is 11.2 Å². The second kappa shape index (κ2) is 3.00. The van der Waals surface area contributed by atoms with Gasteiger partial charge in [0.05, 0.1) is 17.1 Å². The zero-order valence-electron chi connectivity index (χ0n) is 6.42. The Morgan fingerprint density at radius 1 is 1.64 bits per heavy atom. The number of hydrogen-bond acceptors (Lipinski definition) is 3. The zero-order chi connectivity index (χ0) is 8.43. The van der Waals surface area contributed by atoms with E-state index in [1.54, 1.807) is 0 Å². The molecule has 0 saturated heterocycles. The summed E-state index contributed by atoms with van der Waals surface area (Å²) < 4.78 is 0. The van der Waals surface area contributed by atoms with Gasteiger partial charge in [-0.1, -0.05) is 0 Å². The fraction of sp³-hybridized carbons (Fsp3) is 0.429. The number of hydrogen-bond donors (Lipinski definition) is 1. The summed E-state index contributed by atoms with van der Waals surface area (Å²) in [6, 6.07) is 0. The molecule has 0 aliphatic rings. The van der Waals surface area contributed by atoms with Gasteiger partial charge in [-0.15, -0.1) is 11.3 Å². The normalized spacial score (nSPS) is 10.0. The van der Waals surface area contributed by atoms with E-state index in [1.165, 1.54) is 11.3 Å². The standard InChI is InChI=1S/C7H9NO2S/c1-4-6(3-7(9)10)11-5(2)8-4/h3H2,1-2H3,(H,9,10). The first kappa shape index (κ1) is 8.20. The summed E-state index contributed by atoms with van der Waals surface area (Å²) in [4.78, 5) is 15.3. The van der Waals surface area contributed by atoms with Gasteiger partial charge in [0.25, 0.3) is 0 Å². The van der Waals surface area contributed by atoms with Crippen LogP contribution in [0.5, 0.6) is 0 Å². The van der Waals surface area contributed by atoms with Crippen LogP contribution in [-0.4, -0.2) is 16.1 Å². The van der Waals surface area contributed by atoms with Gasteiger partial charge in [0, 0.05) is 4.88 Å². The molecular formula is C7H9NO2S. The molecule has 1 heterocycles. The summed E-state index contributed by atoms with van der Waals surface area (Å²) in [5.74, 6) is -0.795. The Morgan fingerprint density at radius 3 is 2.64 bits per heavy atom. The summed E-state index contributed by atoms with van der Waals surface area (Å²) in [5, 5.41) is 9.41.